The average Bonchev–Trinajstić information content (AvgIpc) is 2.70. The van der Waals surface area contributed by atoms with Crippen LogP contribution in [0, 0.1) is 0 Å². The molecule has 1 aromatic heterocycles. The quantitative estimate of drug-likeness (QED) is 0.893. The number of halogens is 1. The summed E-state index contributed by atoms with van der Waals surface area (Å²) in [6.07, 6.45) is 3.45. The highest BCUT2D eigenvalue weighted by atomic mass is 79.9. The number of rotatable bonds is 2. The molecule has 3 nitrogen and oxygen atoms in total. The van der Waals surface area contributed by atoms with E-state index in [1.54, 1.807) is 19.6 Å². The van der Waals surface area contributed by atoms with Crippen LogP contribution in [-0.2, 0) is 0 Å². The Morgan fingerprint density at radius 1 is 1.43 bits per heavy atom. The normalized spacial score (nSPS) is 10.1. The number of benzene rings is 1. The zero-order valence-electron chi connectivity index (χ0n) is 7.62. The molecule has 1 aromatic carbocycles. The number of imidazole rings is 1. The van der Waals surface area contributed by atoms with Gasteiger partial charge in [-0.25, -0.2) is 4.98 Å². The molecule has 0 atom stereocenters. The molecule has 1 heterocycles. The van der Waals surface area contributed by atoms with E-state index in [0.29, 0.717) is 0 Å². The van der Waals surface area contributed by atoms with Gasteiger partial charge >= 0.3 is 0 Å². The molecule has 0 aliphatic rings. The van der Waals surface area contributed by atoms with E-state index in [2.05, 4.69) is 25.9 Å². The molecule has 72 valence electrons. The molecule has 0 radical (unpaired) electrons. The zero-order valence-corrected chi connectivity index (χ0v) is 9.21. The van der Waals surface area contributed by atoms with Gasteiger partial charge in [-0.05, 0) is 34.1 Å². The number of aromatic amines is 1. The van der Waals surface area contributed by atoms with E-state index in [0.717, 1.165) is 21.5 Å². The third kappa shape index (κ3) is 1.65. The van der Waals surface area contributed by atoms with Gasteiger partial charge in [0, 0.05) is 5.56 Å². The van der Waals surface area contributed by atoms with Gasteiger partial charge in [0.05, 0.1) is 29.8 Å². The number of ether oxygens (including phenoxy) is 1. The van der Waals surface area contributed by atoms with Crippen molar-refractivity contribution in [2.75, 3.05) is 7.11 Å². The Morgan fingerprint density at radius 2 is 2.29 bits per heavy atom. The lowest BCUT2D eigenvalue weighted by Crippen LogP contribution is -1.85. The lowest BCUT2D eigenvalue weighted by Gasteiger charge is -2.04. The van der Waals surface area contributed by atoms with E-state index in [4.69, 9.17) is 4.74 Å². The summed E-state index contributed by atoms with van der Waals surface area (Å²) in [4.78, 5) is 7.01. The molecule has 0 aliphatic heterocycles. The Bertz CT molecular complexity index is 426. The summed E-state index contributed by atoms with van der Waals surface area (Å²) in [5.74, 6) is 0.827. The zero-order chi connectivity index (χ0) is 9.97. The average molecular weight is 253 g/mol. The molecule has 0 spiro atoms. The molecule has 2 aromatic rings. The van der Waals surface area contributed by atoms with Gasteiger partial charge < -0.3 is 9.72 Å². The van der Waals surface area contributed by atoms with Gasteiger partial charge in [-0.2, -0.15) is 0 Å². The number of hydrogen-bond acceptors (Lipinski definition) is 2. The van der Waals surface area contributed by atoms with E-state index < -0.39 is 0 Å². The van der Waals surface area contributed by atoms with Gasteiger partial charge in [0.2, 0.25) is 0 Å². The number of methoxy groups -OCH3 is 1. The summed E-state index contributed by atoms with van der Waals surface area (Å²) in [5, 5.41) is 0. The van der Waals surface area contributed by atoms with Crippen LogP contribution in [0.1, 0.15) is 0 Å². The van der Waals surface area contributed by atoms with E-state index in [1.807, 2.05) is 18.2 Å². The first-order valence-electron chi connectivity index (χ1n) is 4.13. The van der Waals surface area contributed by atoms with Crippen LogP contribution in [0.3, 0.4) is 0 Å². The summed E-state index contributed by atoms with van der Waals surface area (Å²) in [5.41, 5.74) is 2.07. The molecule has 1 N–H and O–H groups in total. The second kappa shape index (κ2) is 3.84. The van der Waals surface area contributed by atoms with Gasteiger partial charge in [0.15, 0.2) is 0 Å². The highest BCUT2D eigenvalue weighted by Crippen LogP contribution is 2.29. The fraction of sp³-hybridized carbons (Fsp3) is 0.100. The first-order valence-corrected chi connectivity index (χ1v) is 4.93. The van der Waals surface area contributed by atoms with Gasteiger partial charge in [-0.3, -0.25) is 0 Å². The predicted molar refractivity (Wildman–Crippen MR) is 58.3 cm³/mol. The van der Waals surface area contributed by atoms with Crippen LogP contribution in [0.25, 0.3) is 11.3 Å². The van der Waals surface area contributed by atoms with E-state index in [-0.39, 0.29) is 0 Å². The van der Waals surface area contributed by atoms with Crippen molar-refractivity contribution in [3.05, 3.63) is 35.2 Å². The Labute approximate surface area is 90.3 Å². The Hall–Kier alpha value is -1.29. The van der Waals surface area contributed by atoms with Crippen molar-refractivity contribution in [1.29, 1.82) is 0 Å². The predicted octanol–water partition coefficient (Wildman–Crippen LogP) is 2.85. The van der Waals surface area contributed by atoms with Crippen molar-refractivity contribution < 1.29 is 4.74 Å². The number of H-pyrrole nitrogens is 1. The van der Waals surface area contributed by atoms with Gasteiger partial charge in [0.25, 0.3) is 0 Å². The maximum atomic E-state index is 5.14. The molecule has 0 saturated heterocycles. The lowest BCUT2D eigenvalue weighted by atomic mass is 10.2. The molecular weight excluding hydrogens is 244 g/mol. The van der Waals surface area contributed by atoms with Crippen molar-refractivity contribution >= 4 is 15.9 Å². The molecule has 0 unspecified atom stereocenters. The second-order valence-electron chi connectivity index (χ2n) is 2.81. The standard InChI is InChI=1S/C10H9BrN2O/c1-14-10-3-2-7(4-8(10)11)9-5-12-6-13-9/h2-6H,1H3,(H,12,13). The molecule has 0 bridgehead atoms. The SMILES string of the molecule is COc1ccc(-c2cnc[nH]2)cc1Br. The maximum absolute atomic E-state index is 5.14. The van der Waals surface area contributed by atoms with Crippen LogP contribution in [0.5, 0.6) is 5.75 Å². The van der Waals surface area contributed by atoms with Gasteiger partial charge in [-0.15, -0.1) is 0 Å². The first-order chi connectivity index (χ1) is 6.81. The number of aromatic nitrogens is 2. The van der Waals surface area contributed by atoms with Crippen molar-refractivity contribution in [2.45, 2.75) is 0 Å². The summed E-state index contributed by atoms with van der Waals surface area (Å²) < 4.78 is 6.08. The van der Waals surface area contributed by atoms with Gasteiger partial charge in [0.1, 0.15) is 5.75 Å². The fourth-order valence-electron chi connectivity index (χ4n) is 1.25. The van der Waals surface area contributed by atoms with Crippen LogP contribution in [0.4, 0.5) is 0 Å². The second-order valence-corrected chi connectivity index (χ2v) is 3.67. The van der Waals surface area contributed by atoms with Crippen LogP contribution < -0.4 is 4.74 Å². The third-order valence-corrected chi connectivity index (χ3v) is 2.58. The Balaban J connectivity index is 2.43. The molecule has 0 saturated carbocycles. The minimum atomic E-state index is 0.827. The Kier molecular flexibility index (Phi) is 2.54. The van der Waals surface area contributed by atoms with Crippen LogP contribution in [0.15, 0.2) is 35.2 Å². The monoisotopic (exact) mass is 252 g/mol. The molecule has 14 heavy (non-hydrogen) atoms. The molecule has 0 amide bonds. The van der Waals surface area contributed by atoms with E-state index in [1.165, 1.54) is 0 Å². The minimum absolute atomic E-state index is 0.827. The van der Waals surface area contributed by atoms with Crippen molar-refractivity contribution in [1.82, 2.24) is 9.97 Å². The third-order valence-electron chi connectivity index (χ3n) is 1.96. The Morgan fingerprint density at radius 3 is 2.86 bits per heavy atom. The first kappa shape index (κ1) is 9.27. The number of nitrogens with zero attached hydrogens (tertiary/aromatic N) is 1. The topological polar surface area (TPSA) is 37.9 Å². The smallest absolute Gasteiger partial charge is 0.133 e. The van der Waals surface area contributed by atoms with Crippen molar-refractivity contribution in [2.24, 2.45) is 0 Å². The molecule has 4 heteroatoms. The molecular formula is C10H9BrN2O. The lowest BCUT2D eigenvalue weighted by molar-refractivity contribution is 0.412. The molecule has 0 aliphatic carbocycles. The largest absolute Gasteiger partial charge is 0.496 e. The van der Waals surface area contributed by atoms with E-state index >= 15 is 0 Å². The van der Waals surface area contributed by atoms with Crippen molar-refractivity contribution in [3.63, 3.8) is 0 Å². The maximum Gasteiger partial charge on any atom is 0.133 e. The highest BCUT2D eigenvalue weighted by Gasteiger charge is 2.03. The molecule has 2 rings (SSSR count). The summed E-state index contributed by atoms with van der Waals surface area (Å²) >= 11 is 3.43. The molecule has 0 fully saturated rings. The summed E-state index contributed by atoms with van der Waals surface area (Å²) in [6.45, 7) is 0. The van der Waals surface area contributed by atoms with Crippen molar-refractivity contribution in [3.8, 4) is 17.0 Å². The summed E-state index contributed by atoms with van der Waals surface area (Å²) in [6, 6.07) is 5.89. The van der Waals surface area contributed by atoms with Crippen LogP contribution in [0.2, 0.25) is 0 Å². The minimum Gasteiger partial charge on any atom is -0.496 e. The number of hydrogen-bond donors (Lipinski definition) is 1. The van der Waals surface area contributed by atoms with Gasteiger partial charge in [-0.1, -0.05) is 0 Å². The van der Waals surface area contributed by atoms with Crippen LogP contribution >= 0.6 is 15.9 Å². The van der Waals surface area contributed by atoms with E-state index in [9.17, 15) is 0 Å². The van der Waals surface area contributed by atoms with Crippen LogP contribution in [-0.4, -0.2) is 17.1 Å². The number of nitrogens with one attached hydrogen (secondary N) is 1. The highest BCUT2D eigenvalue weighted by molar-refractivity contribution is 9.10. The summed E-state index contributed by atoms with van der Waals surface area (Å²) in [7, 11) is 1.65. The fourth-order valence-corrected chi connectivity index (χ4v) is 1.79.